The molecule has 4 aromatic rings. The van der Waals surface area contributed by atoms with Crippen LogP contribution >= 0.6 is 0 Å². The molecule has 5 heterocycles. The van der Waals surface area contributed by atoms with Gasteiger partial charge >= 0.3 is 0 Å². The SMILES string of the molecule is Cc1cc(N(C)C2CN(c3nccn4cnnc34)C2)n2nc(C)cc2n1. The smallest absolute Gasteiger partial charge is 0.203 e. The Balaban J connectivity index is 1.42. The van der Waals surface area contributed by atoms with Gasteiger partial charge in [0.15, 0.2) is 11.5 Å². The van der Waals surface area contributed by atoms with Gasteiger partial charge in [0.2, 0.25) is 5.65 Å². The summed E-state index contributed by atoms with van der Waals surface area (Å²) in [5.41, 5.74) is 3.63. The third-order valence-corrected chi connectivity index (χ3v) is 4.93. The van der Waals surface area contributed by atoms with Gasteiger partial charge in [-0.3, -0.25) is 4.40 Å². The van der Waals surface area contributed by atoms with E-state index in [1.165, 1.54) is 0 Å². The molecule has 132 valence electrons. The zero-order valence-electron chi connectivity index (χ0n) is 14.9. The minimum absolute atomic E-state index is 0.370. The first-order valence-corrected chi connectivity index (χ1v) is 8.56. The first kappa shape index (κ1) is 15.1. The number of fused-ring (bicyclic) bond motifs is 2. The van der Waals surface area contributed by atoms with Gasteiger partial charge in [-0.25, -0.2) is 9.97 Å². The van der Waals surface area contributed by atoms with Gasteiger partial charge in [-0.15, -0.1) is 10.2 Å². The molecule has 1 saturated heterocycles. The molecule has 1 fully saturated rings. The molecular formula is C17H19N9. The van der Waals surface area contributed by atoms with Crippen LogP contribution in [0.25, 0.3) is 11.3 Å². The van der Waals surface area contributed by atoms with E-state index >= 15 is 0 Å². The fourth-order valence-corrected chi connectivity index (χ4v) is 3.47. The van der Waals surface area contributed by atoms with E-state index in [1.807, 2.05) is 35.0 Å². The van der Waals surface area contributed by atoms with E-state index in [4.69, 9.17) is 0 Å². The van der Waals surface area contributed by atoms with Crippen molar-refractivity contribution >= 4 is 22.9 Å². The first-order valence-electron chi connectivity index (χ1n) is 8.56. The summed E-state index contributed by atoms with van der Waals surface area (Å²) in [7, 11) is 2.11. The quantitative estimate of drug-likeness (QED) is 0.548. The number of hydrogen-bond donors (Lipinski definition) is 0. The lowest BCUT2D eigenvalue weighted by atomic mass is 10.1. The molecule has 9 nitrogen and oxygen atoms in total. The molecule has 26 heavy (non-hydrogen) atoms. The summed E-state index contributed by atoms with van der Waals surface area (Å²) in [5.74, 6) is 1.93. The third kappa shape index (κ3) is 2.20. The van der Waals surface area contributed by atoms with E-state index in [0.29, 0.717) is 6.04 Å². The molecular weight excluding hydrogens is 330 g/mol. The maximum atomic E-state index is 4.59. The largest absolute Gasteiger partial charge is 0.353 e. The van der Waals surface area contributed by atoms with E-state index < -0.39 is 0 Å². The van der Waals surface area contributed by atoms with Crippen LogP contribution in [-0.2, 0) is 0 Å². The highest BCUT2D eigenvalue weighted by Crippen LogP contribution is 2.27. The summed E-state index contributed by atoms with van der Waals surface area (Å²) in [6.45, 7) is 5.75. The zero-order valence-corrected chi connectivity index (χ0v) is 14.9. The normalized spacial score (nSPS) is 15.0. The molecule has 0 atom stereocenters. The summed E-state index contributed by atoms with van der Waals surface area (Å²) >= 11 is 0. The Bertz CT molecular complexity index is 1110. The van der Waals surface area contributed by atoms with Crippen molar-refractivity contribution in [1.29, 1.82) is 0 Å². The topological polar surface area (TPSA) is 79.8 Å². The molecule has 0 radical (unpaired) electrons. The number of hydrogen-bond acceptors (Lipinski definition) is 7. The fourth-order valence-electron chi connectivity index (χ4n) is 3.47. The van der Waals surface area contributed by atoms with E-state index in [-0.39, 0.29) is 0 Å². The summed E-state index contributed by atoms with van der Waals surface area (Å²) in [6.07, 6.45) is 5.34. The second kappa shape index (κ2) is 5.38. The molecule has 0 amide bonds. The second-order valence-corrected chi connectivity index (χ2v) is 6.79. The first-order chi connectivity index (χ1) is 12.6. The molecule has 0 N–H and O–H groups in total. The molecule has 0 saturated carbocycles. The van der Waals surface area contributed by atoms with Crippen LogP contribution in [0.3, 0.4) is 0 Å². The lowest BCUT2D eigenvalue weighted by Crippen LogP contribution is -2.59. The molecule has 1 aliphatic rings. The highest BCUT2D eigenvalue weighted by Gasteiger charge is 2.33. The molecule has 0 aliphatic carbocycles. The zero-order chi connectivity index (χ0) is 17.8. The van der Waals surface area contributed by atoms with Crippen molar-refractivity contribution < 1.29 is 0 Å². The summed E-state index contributed by atoms with van der Waals surface area (Å²) in [5, 5.41) is 12.7. The van der Waals surface area contributed by atoms with Crippen molar-refractivity contribution in [2.75, 3.05) is 29.9 Å². The van der Waals surface area contributed by atoms with Crippen LogP contribution in [0.1, 0.15) is 11.4 Å². The summed E-state index contributed by atoms with van der Waals surface area (Å²) in [6, 6.07) is 4.46. The van der Waals surface area contributed by atoms with Gasteiger partial charge in [0, 0.05) is 50.4 Å². The fraction of sp³-hybridized carbons (Fsp3) is 0.353. The van der Waals surface area contributed by atoms with Crippen molar-refractivity contribution in [2.24, 2.45) is 0 Å². The Morgan fingerprint density at radius 1 is 1.15 bits per heavy atom. The van der Waals surface area contributed by atoms with Crippen molar-refractivity contribution in [3.63, 3.8) is 0 Å². The Morgan fingerprint density at radius 2 is 2.00 bits per heavy atom. The number of aromatic nitrogens is 7. The summed E-state index contributed by atoms with van der Waals surface area (Å²) in [4.78, 5) is 13.6. The number of anilines is 2. The van der Waals surface area contributed by atoms with Gasteiger partial charge in [0.25, 0.3) is 0 Å². The lowest BCUT2D eigenvalue weighted by molar-refractivity contribution is 0.487. The van der Waals surface area contributed by atoms with Crippen molar-refractivity contribution in [3.8, 4) is 0 Å². The molecule has 0 spiro atoms. The third-order valence-electron chi connectivity index (χ3n) is 4.93. The monoisotopic (exact) mass is 349 g/mol. The van der Waals surface area contributed by atoms with E-state index in [9.17, 15) is 0 Å². The van der Waals surface area contributed by atoms with Gasteiger partial charge in [-0.2, -0.15) is 9.61 Å². The predicted molar refractivity (Wildman–Crippen MR) is 97.6 cm³/mol. The minimum atomic E-state index is 0.370. The number of nitrogens with zero attached hydrogens (tertiary/aromatic N) is 9. The second-order valence-electron chi connectivity index (χ2n) is 6.79. The molecule has 0 aromatic carbocycles. The van der Waals surface area contributed by atoms with E-state index in [2.05, 4.69) is 48.2 Å². The molecule has 5 rings (SSSR count). The number of likely N-dealkylation sites (N-methyl/N-ethyl adjacent to an activating group) is 1. The van der Waals surface area contributed by atoms with Gasteiger partial charge in [0.05, 0.1) is 11.7 Å². The van der Waals surface area contributed by atoms with E-state index in [0.717, 1.165) is 47.4 Å². The Kier molecular flexibility index (Phi) is 3.12. The van der Waals surface area contributed by atoms with Gasteiger partial charge in [-0.1, -0.05) is 0 Å². The standard InChI is InChI=1S/C17H19N9/c1-11-7-15(26-14(20-11)6-12(2)22-26)23(3)13-8-25(9-13)16-17-21-19-10-24(17)5-4-18-16/h4-7,10,13H,8-9H2,1-3H3. The minimum Gasteiger partial charge on any atom is -0.353 e. The van der Waals surface area contributed by atoms with Crippen LogP contribution in [0.2, 0.25) is 0 Å². The van der Waals surface area contributed by atoms with Gasteiger partial charge < -0.3 is 9.80 Å². The maximum Gasteiger partial charge on any atom is 0.203 e. The van der Waals surface area contributed by atoms with Crippen LogP contribution in [0, 0.1) is 13.8 Å². The average Bonchev–Trinajstić information content (AvgIpc) is 3.18. The molecule has 0 unspecified atom stereocenters. The highest BCUT2D eigenvalue weighted by molar-refractivity contribution is 5.65. The van der Waals surface area contributed by atoms with E-state index in [1.54, 1.807) is 12.5 Å². The van der Waals surface area contributed by atoms with Crippen LogP contribution in [-0.4, -0.2) is 60.4 Å². The van der Waals surface area contributed by atoms with Gasteiger partial charge in [-0.05, 0) is 13.8 Å². The summed E-state index contributed by atoms with van der Waals surface area (Å²) < 4.78 is 3.81. The number of rotatable bonds is 3. The maximum absolute atomic E-state index is 4.59. The molecule has 1 aliphatic heterocycles. The Labute approximate surface area is 149 Å². The molecule has 4 aromatic heterocycles. The van der Waals surface area contributed by atoms with Gasteiger partial charge in [0.1, 0.15) is 12.1 Å². The lowest BCUT2D eigenvalue weighted by Gasteiger charge is -2.45. The van der Waals surface area contributed by atoms with Crippen LogP contribution in [0.15, 0.2) is 30.9 Å². The highest BCUT2D eigenvalue weighted by atomic mass is 15.4. The Hall–Kier alpha value is -3.23. The van der Waals surface area contributed by atoms with Crippen molar-refractivity contribution in [3.05, 3.63) is 42.2 Å². The molecule has 0 bridgehead atoms. The van der Waals surface area contributed by atoms with Crippen molar-refractivity contribution in [2.45, 2.75) is 19.9 Å². The van der Waals surface area contributed by atoms with Crippen LogP contribution in [0.5, 0.6) is 0 Å². The predicted octanol–water partition coefficient (Wildman–Crippen LogP) is 1.11. The average molecular weight is 349 g/mol. The van der Waals surface area contributed by atoms with Crippen LogP contribution < -0.4 is 9.80 Å². The Morgan fingerprint density at radius 3 is 2.85 bits per heavy atom. The molecule has 9 heteroatoms. The van der Waals surface area contributed by atoms with Crippen LogP contribution in [0.4, 0.5) is 11.6 Å². The number of aryl methyl sites for hydroxylation is 2. The van der Waals surface area contributed by atoms with Crippen molar-refractivity contribution in [1.82, 2.24) is 34.2 Å².